The fraction of sp³-hybridized carbons (Fsp3) is 0.333. The Morgan fingerprint density at radius 2 is 2.31 bits per heavy atom. The van der Waals surface area contributed by atoms with Gasteiger partial charge in [-0.2, -0.15) is 5.26 Å². The van der Waals surface area contributed by atoms with Crippen LogP contribution in [0.25, 0.3) is 0 Å². The lowest BCUT2D eigenvalue weighted by Crippen LogP contribution is -2.28. The van der Waals surface area contributed by atoms with Crippen molar-refractivity contribution >= 4 is 11.6 Å². The fourth-order valence-electron chi connectivity index (χ4n) is 1.37. The second kappa shape index (κ2) is 3.62. The first-order chi connectivity index (χ1) is 7.55. The average Bonchev–Trinajstić information content (AvgIpc) is 2.98. The number of nitriles is 1. The van der Waals surface area contributed by atoms with Gasteiger partial charge in [0.05, 0.1) is 18.2 Å². The molecule has 1 aromatic rings. The molecule has 1 atom stereocenters. The number of aryl methyl sites for hydroxylation is 1. The van der Waals surface area contributed by atoms with Gasteiger partial charge in [-0.25, -0.2) is 0 Å². The lowest BCUT2D eigenvalue weighted by atomic mass is 10.1. The van der Waals surface area contributed by atoms with Crippen LogP contribution < -0.4 is 5.32 Å². The molecule has 1 aliphatic heterocycles. The summed E-state index contributed by atoms with van der Waals surface area (Å²) in [5, 5.41) is 11.5. The minimum absolute atomic E-state index is 0.142. The van der Waals surface area contributed by atoms with Crippen molar-refractivity contribution in [2.45, 2.75) is 19.4 Å². The topological polar surface area (TPSA) is 65.4 Å². The first-order valence-electron chi connectivity index (χ1n) is 5.01. The van der Waals surface area contributed by atoms with Crippen molar-refractivity contribution in [1.82, 2.24) is 0 Å². The average molecular weight is 216 g/mol. The highest BCUT2D eigenvalue weighted by Crippen LogP contribution is 2.27. The van der Waals surface area contributed by atoms with E-state index in [4.69, 9.17) is 10.00 Å². The Kier molecular flexibility index (Phi) is 2.41. The number of rotatable bonds is 2. The molecule has 0 aliphatic carbocycles. The number of hydrogen-bond donors (Lipinski definition) is 1. The Labute approximate surface area is 93.8 Å². The van der Waals surface area contributed by atoms with Gasteiger partial charge < -0.3 is 10.1 Å². The maximum absolute atomic E-state index is 11.7. The standard InChI is InChI=1S/C12H12N2O2/c1-8-5-10(4-3-9(8)6-13)14-11(15)12(2)7-16-12/h3-5H,7H2,1-2H3,(H,14,15)/t12-/m1/s1. The number of nitrogens with zero attached hydrogens (tertiary/aromatic N) is 1. The van der Waals surface area contributed by atoms with Gasteiger partial charge >= 0.3 is 0 Å². The van der Waals surface area contributed by atoms with E-state index in [1.54, 1.807) is 25.1 Å². The Morgan fingerprint density at radius 1 is 1.62 bits per heavy atom. The van der Waals surface area contributed by atoms with E-state index < -0.39 is 5.60 Å². The predicted molar refractivity (Wildman–Crippen MR) is 58.9 cm³/mol. The summed E-state index contributed by atoms with van der Waals surface area (Å²) in [7, 11) is 0. The van der Waals surface area contributed by atoms with Gasteiger partial charge in [-0.05, 0) is 37.6 Å². The molecule has 1 heterocycles. The molecule has 1 N–H and O–H groups in total. The molecule has 4 nitrogen and oxygen atoms in total. The smallest absolute Gasteiger partial charge is 0.258 e. The molecule has 82 valence electrons. The van der Waals surface area contributed by atoms with E-state index in [0.29, 0.717) is 17.9 Å². The van der Waals surface area contributed by atoms with Crippen LogP contribution in [0.15, 0.2) is 18.2 Å². The lowest BCUT2D eigenvalue weighted by Gasteiger charge is -2.08. The third-order valence-electron chi connectivity index (χ3n) is 2.66. The van der Waals surface area contributed by atoms with E-state index in [1.165, 1.54) is 0 Å². The number of hydrogen-bond acceptors (Lipinski definition) is 3. The zero-order chi connectivity index (χ0) is 11.8. The largest absolute Gasteiger partial charge is 0.359 e. The van der Waals surface area contributed by atoms with Crippen molar-refractivity contribution in [3.63, 3.8) is 0 Å². The highest BCUT2D eigenvalue weighted by Gasteiger charge is 2.47. The lowest BCUT2D eigenvalue weighted by molar-refractivity contribution is -0.120. The maximum Gasteiger partial charge on any atom is 0.258 e. The van der Waals surface area contributed by atoms with Crippen LogP contribution in [-0.4, -0.2) is 18.1 Å². The Bertz CT molecular complexity index is 484. The fourth-order valence-corrected chi connectivity index (χ4v) is 1.37. The number of nitrogens with one attached hydrogen (secondary N) is 1. The van der Waals surface area contributed by atoms with Crippen molar-refractivity contribution in [2.24, 2.45) is 0 Å². The summed E-state index contributed by atoms with van der Waals surface area (Å²) >= 11 is 0. The SMILES string of the molecule is Cc1cc(NC(=O)[C@@]2(C)CO2)ccc1C#N. The molecule has 16 heavy (non-hydrogen) atoms. The minimum Gasteiger partial charge on any atom is -0.359 e. The zero-order valence-electron chi connectivity index (χ0n) is 9.20. The number of benzene rings is 1. The van der Waals surface area contributed by atoms with Gasteiger partial charge in [-0.15, -0.1) is 0 Å². The van der Waals surface area contributed by atoms with Crippen molar-refractivity contribution < 1.29 is 9.53 Å². The number of ether oxygens (including phenoxy) is 1. The van der Waals surface area contributed by atoms with E-state index >= 15 is 0 Å². The molecule has 1 fully saturated rings. The van der Waals surface area contributed by atoms with Gasteiger partial charge in [0.25, 0.3) is 5.91 Å². The molecule has 0 radical (unpaired) electrons. The van der Waals surface area contributed by atoms with Crippen LogP contribution in [0, 0.1) is 18.3 Å². The number of anilines is 1. The van der Waals surface area contributed by atoms with E-state index in [0.717, 1.165) is 5.56 Å². The second-order valence-electron chi connectivity index (χ2n) is 4.12. The van der Waals surface area contributed by atoms with Crippen molar-refractivity contribution in [1.29, 1.82) is 5.26 Å². The molecule has 0 saturated carbocycles. The molecule has 1 amide bonds. The summed E-state index contributed by atoms with van der Waals surface area (Å²) in [4.78, 5) is 11.7. The molecule has 4 heteroatoms. The van der Waals surface area contributed by atoms with Crippen LogP contribution in [0.1, 0.15) is 18.1 Å². The molecule has 0 unspecified atom stereocenters. The highest BCUT2D eigenvalue weighted by atomic mass is 16.6. The molecular formula is C12H12N2O2. The molecule has 1 aliphatic rings. The van der Waals surface area contributed by atoms with Gasteiger partial charge in [0, 0.05) is 5.69 Å². The normalized spacial score (nSPS) is 22.3. The van der Waals surface area contributed by atoms with Gasteiger partial charge in [0.2, 0.25) is 0 Å². The summed E-state index contributed by atoms with van der Waals surface area (Å²) in [5.41, 5.74) is 1.49. The van der Waals surface area contributed by atoms with Crippen LogP contribution in [0.5, 0.6) is 0 Å². The molecule has 1 aromatic carbocycles. The Morgan fingerprint density at radius 3 is 2.81 bits per heavy atom. The monoisotopic (exact) mass is 216 g/mol. The van der Waals surface area contributed by atoms with Gasteiger partial charge in [0.1, 0.15) is 0 Å². The van der Waals surface area contributed by atoms with Crippen molar-refractivity contribution in [3.05, 3.63) is 29.3 Å². The van der Waals surface area contributed by atoms with Crippen LogP contribution in [0.4, 0.5) is 5.69 Å². The van der Waals surface area contributed by atoms with E-state index in [2.05, 4.69) is 11.4 Å². The number of carbonyl (C=O) groups is 1. The third kappa shape index (κ3) is 1.90. The molecule has 0 aromatic heterocycles. The quantitative estimate of drug-likeness (QED) is 0.763. The predicted octanol–water partition coefficient (Wildman–Crippen LogP) is 1.59. The number of amides is 1. The third-order valence-corrected chi connectivity index (χ3v) is 2.66. The number of carbonyl (C=O) groups excluding carboxylic acids is 1. The summed E-state index contributed by atoms with van der Waals surface area (Å²) in [5.74, 6) is -0.142. The zero-order valence-corrected chi connectivity index (χ0v) is 9.20. The first-order valence-corrected chi connectivity index (χ1v) is 5.01. The summed E-state index contributed by atoms with van der Waals surface area (Å²) in [6.07, 6.45) is 0. The molecule has 1 saturated heterocycles. The number of epoxide rings is 1. The summed E-state index contributed by atoms with van der Waals surface area (Å²) in [6, 6.07) is 7.27. The van der Waals surface area contributed by atoms with Gasteiger partial charge in [0.15, 0.2) is 5.60 Å². The Hall–Kier alpha value is -1.86. The summed E-state index contributed by atoms with van der Waals surface area (Å²) < 4.78 is 5.04. The highest BCUT2D eigenvalue weighted by molar-refractivity contribution is 5.98. The summed E-state index contributed by atoms with van der Waals surface area (Å²) in [6.45, 7) is 4.05. The van der Waals surface area contributed by atoms with Crippen molar-refractivity contribution in [2.75, 3.05) is 11.9 Å². The Balaban J connectivity index is 2.14. The van der Waals surface area contributed by atoms with Gasteiger partial charge in [-0.1, -0.05) is 0 Å². The maximum atomic E-state index is 11.7. The second-order valence-corrected chi connectivity index (χ2v) is 4.12. The first kappa shape index (κ1) is 10.7. The van der Waals surface area contributed by atoms with Crippen LogP contribution in [0.2, 0.25) is 0 Å². The van der Waals surface area contributed by atoms with E-state index in [1.807, 2.05) is 6.92 Å². The molecular weight excluding hydrogens is 204 g/mol. The van der Waals surface area contributed by atoms with E-state index in [-0.39, 0.29) is 5.91 Å². The van der Waals surface area contributed by atoms with Crippen LogP contribution in [-0.2, 0) is 9.53 Å². The molecule has 0 spiro atoms. The van der Waals surface area contributed by atoms with Crippen molar-refractivity contribution in [3.8, 4) is 6.07 Å². The minimum atomic E-state index is -0.665. The van der Waals surface area contributed by atoms with Crippen LogP contribution in [0.3, 0.4) is 0 Å². The van der Waals surface area contributed by atoms with Crippen LogP contribution >= 0.6 is 0 Å². The molecule has 2 rings (SSSR count). The molecule has 0 bridgehead atoms. The van der Waals surface area contributed by atoms with E-state index in [9.17, 15) is 4.79 Å². The van der Waals surface area contributed by atoms with Gasteiger partial charge in [-0.3, -0.25) is 4.79 Å².